The average Bonchev–Trinajstić information content (AvgIpc) is 2.47. The molecule has 1 saturated carbocycles. The standard InChI is InChI=1S/C17H27NO/c1-3-12-18-16-8-10-17(19,11-9-16)15-7-5-6-14(4-2)13-15/h5-7,13,16,18-19H,3-4,8-12H2,1-2H3. The average molecular weight is 261 g/mol. The molecule has 0 unspecified atom stereocenters. The van der Waals surface area contributed by atoms with E-state index in [2.05, 4.69) is 43.4 Å². The first-order valence-corrected chi connectivity index (χ1v) is 7.73. The van der Waals surface area contributed by atoms with Crippen LogP contribution in [0.5, 0.6) is 0 Å². The summed E-state index contributed by atoms with van der Waals surface area (Å²) in [7, 11) is 0. The Kier molecular flexibility index (Phi) is 5.00. The zero-order chi connectivity index (χ0) is 13.7. The van der Waals surface area contributed by atoms with Crippen molar-refractivity contribution in [3.63, 3.8) is 0 Å². The van der Waals surface area contributed by atoms with Gasteiger partial charge in [0.2, 0.25) is 0 Å². The van der Waals surface area contributed by atoms with Gasteiger partial charge in [0.25, 0.3) is 0 Å². The van der Waals surface area contributed by atoms with Crippen LogP contribution in [0.3, 0.4) is 0 Å². The maximum absolute atomic E-state index is 10.9. The predicted octanol–water partition coefficient (Wildman–Crippen LogP) is 3.38. The van der Waals surface area contributed by atoms with Crippen molar-refractivity contribution >= 4 is 0 Å². The Hall–Kier alpha value is -0.860. The van der Waals surface area contributed by atoms with Crippen LogP contribution in [0.4, 0.5) is 0 Å². The molecule has 1 fully saturated rings. The summed E-state index contributed by atoms with van der Waals surface area (Å²) in [6, 6.07) is 9.07. The lowest BCUT2D eigenvalue weighted by Crippen LogP contribution is -2.40. The van der Waals surface area contributed by atoms with Crippen LogP contribution in [0.15, 0.2) is 24.3 Å². The molecule has 0 saturated heterocycles. The summed E-state index contributed by atoms with van der Waals surface area (Å²) in [4.78, 5) is 0. The molecule has 106 valence electrons. The third kappa shape index (κ3) is 3.58. The first-order chi connectivity index (χ1) is 9.18. The largest absolute Gasteiger partial charge is 0.385 e. The van der Waals surface area contributed by atoms with Crippen LogP contribution in [-0.4, -0.2) is 17.7 Å². The minimum absolute atomic E-state index is 0.592. The van der Waals surface area contributed by atoms with E-state index in [1.165, 1.54) is 12.0 Å². The molecule has 19 heavy (non-hydrogen) atoms. The zero-order valence-corrected chi connectivity index (χ0v) is 12.3. The summed E-state index contributed by atoms with van der Waals surface area (Å²) in [6.45, 7) is 5.45. The highest BCUT2D eigenvalue weighted by molar-refractivity contribution is 5.28. The monoisotopic (exact) mass is 261 g/mol. The van der Waals surface area contributed by atoms with Gasteiger partial charge in [-0.3, -0.25) is 0 Å². The highest BCUT2D eigenvalue weighted by Crippen LogP contribution is 2.37. The SMILES string of the molecule is CCCNC1CCC(O)(c2cccc(CC)c2)CC1. The number of hydrogen-bond donors (Lipinski definition) is 2. The Morgan fingerprint density at radius 3 is 2.63 bits per heavy atom. The highest BCUT2D eigenvalue weighted by atomic mass is 16.3. The van der Waals surface area contributed by atoms with Gasteiger partial charge in [-0.1, -0.05) is 38.1 Å². The molecule has 1 aromatic rings. The number of nitrogens with one attached hydrogen (secondary N) is 1. The van der Waals surface area contributed by atoms with Crippen LogP contribution >= 0.6 is 0 Å². The van der Waals surface area contributed by atoms with Crippen molar-refractivity contribution in [3.8, 4) is 0 Å². The number of aliphatic hydroxyl groups is 1. The van der Waals surface area contributed by atoms with Crippen LogP contribution in [-0.2, 0) is 12.0 Å². The third-order valence-electron chi connectivity index (χ3n) is 4.37. The molecule has 0 bridgehead atoms. The van der Waals surface area contributed by atoms with E-state index in [9.17, 15) is 5.11 Å². The molecule has 2 rings (SSSR count). The molecule has 0 spiro atoms. The maximum Gasteiger partial charge on any atom is 0.0897 e. The summed E-state index contributed by atoms with van der Waals surface area (Å²) >= 11 is 0. The molecule has 2 nitrogen and oxygen atoms in total. The minimum Gasteiger partial charge on any atom is -0.385 e. The van der Waals surface area contributed by atoms with Crippen molar-refractivity contribution in [2.45, 2.75) is 64.0 Å². The van der Waals surface area contributed by atoms with Crippen LogP contribution in [0.2, 0.25) is 0 Å². The lowest BCUT2D eigenvalue weighted by molar-refractivity contribution is -0.00832. The molecular formula is C17H27NO. The smallest absolute Gasteiger partial charge is 0.0897 e. The van der Waals surface area contributed by atoms with Gasteiger partial charge in [0.05, 0.1) is 5.60 Å². The van der Waals surface area contributed by atoms with Crippen LogP contribution < -0.4 is 5.32 Å². The Balaban J connectivity index is 2.00. The highest BCUT2D eigenvalue weighted by Gasteiger charge is 2.34. The summed E-state index contributed by atoms with van der Waals surface area (Å²) in [6.07, 6.45) is 6.12. The normalized spacial score (nSPS) is 27.4. The third-order valence-corrected chi connectivity index (χ3v) is 4.37. The first kappa shape index (κ1) is 14.5. The predicted molar refractivity (Wildman–Crippen MR) is 80.3 cm³/mol. The molecule has 0 heterocycles. The van der Waals surface area contributed by atoms with Crippen LogP contribution in [0, 0.1) is 0 Å². The van der Waals surface area contributed by atoms with Gasteiger partial charge >= 0.3 is 0 Å². The van der Waals surface area contributed by atoms with Gasteiger partial charge in [-0.25, -0.2) is 0 Å². The van der Waals surface area contributed by atoms with Gasteiger partial charge in [-0.15, -0.1) is 0 Å². The Morgan fingerprint density at radius 1 is 1.26 bits per heavy atom. The molecule has 0 radical (unpaired) electrons. The van der Waals surface area contributed by atoms with Gasteiger partial charge in [0.1, 0.15) is 0 Å². The summed E-state index contributed by atoms with van der Waals surface area (Å²) in [5, 5.41) is 14.4. The van der Waals surface area contributed by atoms with E-state index in [1.807, 2.05) is 0 Å². The Morgan fingerprint density at radius 2 is 2.00 bits per heavy atom. The second kappa shape index (κ2) is 6.53. The van der Waals surface area contributed by atoms with Crippen molar-refractivity contribution in [2.75, 3.05) is 6.54 Å². The summed E-state index contributed by atoms with van der Waals surface area (Å²) in [5.41, 5.74) is 1.83. The van der Waals surface area contributed by atoms with Crippen LogP contribution in [0.1, 0.15) is 57.1 Å². The molecule has 1 aliphatic carbocycles. The van der Waals surface area contributed by atoms with Crippen molar-refractivity contribution < 1.29 is 5.11 Å². The van der Waals surface area contributed by atoms with E-state index in [-0.39, 0.29) is 0 Å². The molecule has 1 aliphatic rings. The van der Waals surface area contributed by atoms with Gasteiger partial charge < -0.3 is 10.4 Å². The molecule has 1 aromatic carbocycles. The van der Waals surface area contributed by atoms with E-state index >= 15 is 0 Å². The van der Waals surface area contributed by atoms with Gasteiger partial charge in [0.15, 0.2) is 0 Å². The number of benzene rings is 1. The fraction of sp³-hybridized carbons (Fsp3) is 0.647. The lowest BCUT2D eigenvalue weighted by Gasteiger charge is -2.37. The molecular weight excluding hydrogens is 234 g/mol. The van der Waals surface area contributed by atoms with E-state index in [4.69, 9.17) is 0 Å². The Bertz CT molecular complexity index is 394. The molecule has 0 aromatic heterocycles. The van der Waals surface area contributed by atoms with E-state index in [0.29, 0.717) is 6.04 Å². The number of rotatable bonds is 5. The van der Waals surface area contributed by atoms with E-state index in [0.717, 1.165) is 44.2 Å². The quantitative estimate of drug-likeness (QED) is 0.851. The fourth-order valence-corrected chi connectivity index (χ4v) is 3.02. The zero-order valence-electron chi connectivity index (χ0n) is 12.3. The summed E-state index contributed by atoms with van der Waals surface area (Å²) in [5.74, 6) is 0. The van der Waals surface area contributed by atoms with E-state index < -0.39 is 5.60 Å². The minimum atomic E-state index is -0.602. The molecule has 2 heteroatoms. The van der Waals surface area contributed by atoms with Gasteiger partial charge in [-0.2, -0.15) is 0 Å². The topological polar surface area (TPSA) is 32.3 Å². The second-order valence-corrected chi connectivity index (χ2v) is 5.81. The molecule has 2 N–H and O–H groups in total. The summed E-state index contributed by atoms with van der Waals surface area (Å²) < 4.78 is 0. The maximum atomic E-state index is 10.9. The van der Waals surface area contributed by atoms with Crippen LogP contribution in [0.25, 0.3) is 0 Å². The molecule has 0 aliphatic heterocycles. The van der Waals surface area contributed by atoms with E-state index in [1.54, 1.807) is 0 Å². The van der Waals surface area contributed by atoms with Crippen molar-refractivity contribution in [2.24, 2.45) is 0 Å². The second-order valence-electron chi connectivity index (χ2n) is 5.81. The Labute approximate surface area is 117 Å². The van der Waals surface area contributed by atoms with Crippen molar-refractivity contribution in [1.82, 2.24) is 5.32 Å². The number of hydrogen-bond acceptors (Lipinski definition) is 2. The van der Waals surface area contributed by atoms with Gasteiger partial charge in [-0.05, 0) is 56.2 Å². The van der Waals surface area contributed by atoms with Crippen molar-refractivity contribution in [3.05, 3.63) is 35.4 Å². The first-order valence-electron chi connectivity index (χ1n) is 7.73. The molecule has 0 amide bonds. The van der Waals surface area contributed by atoms with Crippen molar-refractivity contribution in [1.29, 1.82) is 0 Å². The fourth-order valence-electron chi connectivity index (χ4n) is 3.02. The lowest BCUT2D eigenvalue weighted by atomic mass is 9.77. The molecule has 0 atom stereocenters. The van der Waals surface area contributed by atoms with Gasteiger partial charge in [0, 0.05) is 6.04 Å². The number of aryl methyl sites for hydroxylation is 1.